The summed E-state index contributed by atoms with van der Waals surface area (Å²) in [6.07, 6.45) is 0.932. The van der Waals surface area contributed by atoms with Gasteiger partial charge in [-0.15, -0.1) is 8.93 Å². The van der Waals surface area contributed by atoms with Crippen LogP contribution in [-0.2, 0) is 4.79 Å². The molecule has 0 aromatic heterocycles. The highest BCUT2D eigenvalue weighted by molar-refractivity contribution is 8.60. The number of nitrogens with one attached hydrogen (secondary N) is 2. The van der Waals surface area contributed by atoms with Gasteiger partial charge in [0.25, 0.3) is 0 Å². The quantitative estimate of drug-likeness (QED) is 0.708. The van der Waals surface area contributed by atoms with E-state index in [1.54, 1.807) is 0 Å². The van der Waals surface area contributed by atoms with Crippen LogP contribution in [-0.4, -0.2) is 18.5 Å². The molecule has 7 heteroatoms. The molecule has 3 nitrogen and oxygen atoms in total. The number of hydrogen-bond acceptors (Lipinski definition) is 2. The van der Waals surface area contributed by atoms with Crippen molar-refractivity contribution in [2.24, 2.45) is 0 Å². The zero-order valence-electron chi connectivity index (χ0n) is 6.00. The van der Waals surface area contributed by atoms with Gasteiger partial charge in [-0.25, -0.2) is 0 Å². The molecule has 11 heavy (non-hydrogen) atoms. The first-order valence-electron chi connectivity index (χ1n) is 3.29. The Kier molecular flexibility index (Phi) is 4.66. The molecule has 1 aliphatic heterocycles. The molecule has 1 rings (SSSR count). The lowest BCUT2D eigenvalue weighted by Gasteiger charge is -2.14. The summed E-state index contributed by atoms with van der Waals surface area (Å²) in [4.78, 5) is 11.0. The van der Waals surface area contributed by atoms with Crippen LogP contribution < -0.4 is 10.4 Å². The van der Waals surface area contributed by atoms with Crippen LogP contribution >= 0.6 is 33.3 Å². The topological polar surface area (TPSA) is 41.1 Å². The molecule has 64 valence electrons. The number of amides is 1. The Hall–Kier alpha value is 1.15. The minimum absolute atomic E-state index is 0.0617. The van der Waals surface area contributed by atoms with Gasteiger partial charge < -0.3 is 5.32 Å². The van der Waals surface area contributed by atoms with E-state index in [9.17, 15) is 4.79 Å². The van der Waals surface area contributed by atoms with E-state index in [0.29, 0.717) is 0 Å². The summed E-state index contributed by atoms with van der Waals surface area (Å²) in [5, 5.41) is 6.08. The third-order valence-electron chi connectivity index (χ3n) is 1.48. The number of rotatable bonds is 3. The van der Waals surface area contributed by atoms with E-state index in [4.69, 9.17) is 0 Å². The van der Waals surface area contributed by atoms with Crippen molar-refractivity contribution in [3.05, 3.63) is 0 Å². The van der Waals surface area contributed by atoms with Crippen LogP contribution in [0.2, 0.25) is 0 Å². The number of carbonyl (C=O) groups is 1. The van der Waals surface area contributed by atoms with Gasteiger partial charge in [0.1, 0.15) is 0 Å². The lowest BCUT2D eigenvalue weighted by Crippen LogP contribution is -2.31. The lowest BCUT2D eigenvalue weighted by molar-refractivity contribution is -0.120. The fourth-order valence-electron chi connectivity index (χ4n) is 0.922. The van der Waals surface area contributed by atoms with E-state index in [-0.39, 0.29) is 19.4 Å². The fourth-order valence-corrected chi connectivity index (χ4v) is 3.48. The molecule has 1 heterocycles. The summed E-state index contributed by atoms with van der Waals surface area (Å²) >= 11 is 0. The fraction of sp³-hybridized carbons (Fsp3) is 0.750. The van der Waals surface area contributed by atoms with Gasteiger partial charge in [-0.1, -0.05) is 16.9 Å². The molecular formula is C4H12N2OP4. The Bertz CT molecular complexity index is 155. The highest BCUT2D eigenvalue weighted by atomic mass is 32.6. The van der Waals surface area contributed by atoms with Gasteiger partial charge in [-0.2, -0.15) is 0 Å². The Labute approximate surface area is 73.9 Å². The molecule has 1 fully saturated rings. The monoisotopic (exact) mass is 228 g/mol. The molecule has 1 saturated heterocycles. The molecule has 1 aliphatic rings. The van der Waals surface area contributed by atoms with E-state index in [0.717, 1.165) is 20.9 Å². The zero-order valence-corrected chi connectivity index (χ0v) is 10.2. The van der Waals surface area contributed by atoms with Gasteiger partial charge in [0.05, 0.1) is 6.04 Å². The van der Waals surface area contributed by atoms with Crippen LogP contribution in [0.5, 0.6) is 0 Å². The molecule has 0 saturated carbocycles. The second kappa shape index (κ2) is 5.00. The smallest absolute Gasteiger partial charge is 0.237 e. The first-order chi connectivity index (χ1) is 5.24. The van der Waals surface area contributed by atoms with Crippen LogP contribution in [0.3, 0.4) is 0 Å². The first kappa shape index (κ1) is 10.2. The van der Waals surface area contributed by atoms with Crippen LogP contribution in [0.1, 0.15) is 6.42 Å². The minimum atomic E-state index is -0.219. The van der Waals surface area contributed by atoms with Crippen molar-refractivity contribution in [1.29, 1.82) is 0 Å². The molecule has 0 aliphatic carbocycles. The second-order valence-electron chi connectivity index (χ2n) is 2.26. The summed E-state index contributed by atoms with van der Waals surface area (Å²) in [6.45, 7) is 0.824. The van der Waals surface area contributed by atoms with Crippen molar-refractivity contribution in [1.82, 2.24) is 10.4 Å². The maximum Gasteiger partial charge on any atom is 0.237 e. The van der Waals surface area contributed by atoms with E-state index in [1.807, 2.05) is 0 Å². The first-order valence-corrected chi connectivity index (χ1v) is 9.90. The van der Waals surface area contributed by atoms with Gasteiger partial charge in [-0.05, 0) is 6.42 Å². The Morgan fingerprint density at radius 2 is 2.55 bits per heavy atom. The molecule has 0 aromatic rings. The predicted octanol–water partition coefficient (Wildman–Crippen LogP) is 1.04. The predicted molar refractivity (Wildman–Crippen MR) is 59.2 cm³/mol. The van der Waals surface area contributed by atoms with Crippen LogP contribution in [0.25, 0.3) is 0 Å². The molecular weight excluding hydrogens is 216 g/mol. The van der Waals surface area contributed by atoms with E-state index in [1.165, 1.54) is 0 Å². The van der Waals surface area contributed by atoms with Crippen molar-refractivity contribution in [2.75, 3.05) is 6.54 Å². The standard InChI is InChI=1S/C4H12N2OP4/c7-4-3(1-2-5-4)6-11(9)10-8/h3,6,10H,1-2,8-9H2,(H,5,7). The third-order valence-corrected chi connectivity index (χ3v) is 10.5. The van der Waals surface area contributed by atoms with Gasteiger partial charge >= 0.3 is 0 Å². The van der Waals surface area contributed by atoms with Crippen molar-refractivity contribution < 1.29 is 4.79 Å². The molecule has 2 N–H and O–H groups in total. The zero-order chi connectivity index (χ0) is 8.27. The Morgan fingerprint density at radius 1 is 1.82 bits per heavy atom. The highest BCUT2D eigenvalue weighted by Gasteiger charge is 2.24. The summed E-state index contributed by atoms with van der Waals surface area (Å²) in [6, 6.07) is 0.0617. The molecule has 0 aromatic carbocycles. The average molecular weight is 228 g/mol. The van der Waals surface area contributed by atoms with E-state index >= 15 is 0 Å². The molecule has 1 amide bonds. The van der Waals surface area contributed by atoms with Crippen LogP contribution in [0, 0.1) is 0 Å². The molecule has 0 bridgehead atoms. The normalized spacial score (nSPS) is 27.8. The average Bonchev–Trinajstić information content (AvgIpc) is 2.37. The van der Waals surface area contributed by atoms with E-state index in [2.05, 4.69) is 28.3 Å². The summed E-state index contributed by atoms with van der Waals surface area (Å²) < 4.78 is 0. The van der Waals surface area contributed by atoms with E-state index < -0.39 is 0 Å². The number of carbonyl (C=O) groups excluding carboxylic acids is 1. The van der Waals surface area contributed by atoms with Crippen molar-refractivity contribution >= 4 is 39.2 Å². The maximum absolute atomic E-state index is 11.0. The number of hydrogen-bond donors (Lipinski definition) is 2. The maximum atomic E-state index is 11.0. The Morgan fingerprint density at radius 3 is 3.00 bits per heavy atom. The van der Waals surface area contributed by atoms with Crippen LogP contribution in [0.4, 0.5) is 0 Å². The van der Waals surface area contributed by atoms with Gasteiger partial charge in [0.2, 0.25) is 5.91 Å². The van der Waals surface area contributed by atoms with Gasteiger partial charge in [0, 0.05) is 14.0 Å². The molecule has 0 radical (unpaired) electrons. The van der Waals surface area contributed by atoms with Crippen molar-refractivity contribution in [3.8, 4) is 0 Å². The second-order valence-corrected chi connectivity index (χ2v) is 11.2. The largest absolute Gasteiger partial charge is 0.355 e. The lowest BCUT2D eigenvalue weighted by atomic mass is 10.3. The Balaban J connectivity index is 2.30. The summed E-state index contributed by atoms with van der Waals surface area (Å²) in [5.41, 5.74) is 0. The van der Waals surface area contributed by atoms with Gasteiger partial charge in [-0.3, -0.25) is 9.88 Å². The SMILES string of the molecule is O=C1NCCC1NP(P)PP. The highest BCUT2D eigenvalue weighted by Crippen LogP contribution is 2.63. The van der Waals surface area contributed by atoms with Crippen LogP contribution in [0.15, 0.2) is 0 Å². The molecule has 5 unspecified atom stereocenters. The third kappa shape index (κ3) is 3.17. The summed E-state index contributed by atoms with van der Waals surface area (Å²) in [7, 11) is 6.03. The van der Waals surface area contributed by atoms with Gasteiger partial charge in [0.15, 0.2) is 0 Å². The summed E-state index contributed by atoms with van der Waals surface area (Å²) in [5.74, 6) is 0.156. The molecule has 0 spiro atoms. The molecule has 5 atom stereocenters. The van der Waals surface area contributed by atoms with Crippen molar-refractivity contribution in [2.45, 2.75) is 12.5 Å². The minimum Gasteiger partial charge on any atom is -0.355 e. The van der Waals surface area contributed by atoms with Crippen molar-refractivity contribution in [3.63, 3.8) is 0 Å².